The van der Waals surface area contributed by atoms with E-state index in [1.165, 1.54) is 11.0 Å². The van der Waals surface area contributed by atoms with Crippen LogP contribution in [0.25, 0.3) is 0 Å². The molecule has 5 heteroatoms. The Kier molecular flexibility index (Phi) is 3.52. The topological polar surface area (TPSA) is 20.3 Å². The summed E-state index contributed by atoms with van der Waals surface area (Å²) < 4.78 is 37.7. The molecule has 1 unspecified atom stereocenters. The number of terminal acetylenes is 1. The van der Waals surface area contributed by atoms with E-state index in [4.69, 9.17) is 6.42 Å². The smallest absolute Gasteiger partial charge is 0.337 e. The predicted octanol–water partition coefficient (Wildman–Crippen LogP) is 2.69. The number of likely N-dealkylation sites (tertiary alicyclic amines) is 1. The second-order valence-corrected chi connectivity index (χ2v) is 4.54. The van der Waals surface area contributed by atoms with E-state index in [1.54, 1.807) is 6.07 Å². The predicted molar refractivity (Wildman–Crippen MR) is 63.8 cm³/mol. The summed E-state index contributed by atoms with van der Waals surface area (Å²) in [7, 11) is 0. The maximum atomic E-state index is 12.6. The van der Waals surface area contributed by atoms with E-state index in [-0.39, 0.29) is 24.8 Å². The van der Waals surface area contributed by atoms with Crippen molar-refractivity contribution in [3.63, 3.8) is 0 Å². The monoisotopic (exact) mass is 267 g/mol. The van der Waals surface area contributed by atoms with Gasteiger partial charge in [0.25, 0.3) is 0 Å². The molecule has 1 aliphatic heterocycles. The van der Waals surface area contributed by atoms with Gasteiger partial charge in [-0.2, -0.15) is 13.2 Å². The number of nitrogens with zero attached hydrogens (tertiary/aromatic N) is 1. The van der Waals surface area contributed by atoms with Crippen molar-refractivity contribution in [3.05, 3.63) is 35.4 Å². The van der Waals surface area contributed by atoms with E-state index in [0.717, 1.165) is 12.1 Å². The molecule has 2 rings (SSSR count). The molecule has 1 saturated heterocycles. The molecule has 0 radical (unpaired) electrons. The molecule has 0 N–H and O–H groups in total. The fourth-order valence-electron chi connectivity index (χ4n) is 2.10. The van der Waals surface area contributed by atoms with E-state index in [9.17, 15) is 18.0 Å². The number of benzene rings is 1. The largest absolute Gasteiger partial charge is 0.416 e. The highest BCUT2D eigenvalue weighted by Crippen LogP contribution is 2.30. The van der Waals surface area contributed by atoms with Gasteiger partial charge in [0.05, 0.1) is 5.56 Å². The van der Waals surface area contributed by atoms with Gasteiger partial charge in [-0.25, -0.2) is 0 Å². The molecule has 1 aromatic rings. The molecule has 1 amide bonds. The van der Waals surface area contributed by atoms with Gasteiger partial charge >= 0.3 is 6.18 Å². The quantitative estimate of drug-likeness (QED) is 0.754. The number of rotatable bonds is 2. The zero-order chi connectivity index (χ0) is 14.0. The summed E-state index contributed by atoms with van der Waals surface area (Å²) >= 11 is 0. The van der Waals surface area contributed by atoms with Crippen molar-refractivity contribution < 1.29 is 18.0 Å². The van der Waals surface area contributed by atoms with Crippen molar-refractivity contribution in [1.82, 2.24) is 4.90 Å². The Morgan fingerprint density at radius 2 is 2.16 bits per heavy atom. The summed E-state index contributed by atoms with van der Waals surface area (Å²) in [5, 5.41) is 0. The van der Waals surface area contributed by atoms with Crippen molar-refractivity contribution in [1.29, 1.82) is 0 Å². The lowest BCUT2D eigenvalue weighted by Crippen LogP contribution is -2.24. The van der Waals surface area contributed by atoms with Crippen LogP contribution in [0.2, 0.25) is 0 Å². The summed E-state index contributed by atoms with van der Waals surface area (Å²) in [6.45, 7) is 0.576. The molecule has 1 aromatic carbocycles. The van der Waals surface area contributed by atoms with Crippen LogP contribution >= 0.6 is 0 Å². The molecule has 0 saturated carbocycles. The Labute approximate surface area is 109 Å². The average molecular weight is 267 g/mol. The highest BCUT2D eigenvalue weighted by molar-refractivity contribution is 5.79. The fourth-order valence-corrected chi connectivity index (χ4v) is 2.10. The van der Waals surface area contributed by atoms with Gasteiger partial charge in [-0.15, -0.1) is 12.3 Å². The molecule has 1 fully saturated rings. The third-order valence-electron chi connectivity index (χ3n) is 3.08. The van der Waals surface area contributed by atoms with Crippen LogP contribution in [-0.2, 0) is 17.5 Å². The van der Waals surface area contributed by atoms with Gasteiger partial charge in [0.2, 0.25) is 5.91 Å². The minimum absolute atomic E-state index is 0.111. The minimum Gasteiger partial charge on any atom is -0.337 e. The molecule has 100 valence electrons. The van der Waals surface area contributed by atoms with Gasteiger partial charge in [0.15, 0.2) is 0 Å². The van der Waals surface area contributed by atoms with Crippen LogP contribution in [0.15, 0.2) is 24.3 Å². The van der Waals surface area contributed by atoms with Crippen molar-refractivity contribution in [2.75, 3.05) is 6.54 Å². The van der Waals surface area contributed by atoms with E-state index < -0.39 is 11.7 Å². The molecular weight excluding hydrogens is 255 g/mol. The second kappa shape index (κ2) is 4.96. The highest BCUT2D eigenvalue weighted by atomic mass is 19.4. The Hall–Kier alpha value is -1.96. The van der Waals surface area contributed by atoms with Crippen molar-refractivity contribution in [2.24, 2.45) is 5.92 Å². The molecule has 0 aliphatic carbocycles. The molecule has 0 spiro atoms. The fraction of sp³-hybridized carbons (Fsp3) is 0.357. The van der Waals surface area contributed by atoms with E-state index >= 15 is 0 Å². The first-order valence-electron chi connectivity index (χ1n) is 5.80. The SMILES string of the molecule is C#CC1CC(=O)N(Cc2cccc(C(F)(F)F)c2)C1. The normalized spacial score (nSPS) is 19.6. The first-order valence-corrected chi connectivity index (χ1v) is 5.80. The number of amides is 1. The lowest BCUT2D eigenvalue weighted by molar-refractivity contribution is -0.137. The third-order valence-corrected chi connectivity index (χ3v) is 3.08. The molecule has 0 aromatic heterocycles. The molecular formula is C14H12F3NO. The van der Waals surface area contributed by atoms with Crippen LogP contribution in [0.4, 0.5) is 13.2 Å². The number of alkyl halides is 3. The van der Waals surface area contributed by atoms with Gasteiger partial charge in [0, 0.05) is 25.4 Å². The average Bonchev–Trinajstić information content (AvgIpc) is 2.70. The summed E-state index contributed by atoms with van der Waals surface area (Å²) in [5.41, 5.74) is -0.244. The molecule has 1 heterocycles. The number of carbonyl (C=O) groups is 1. The van der Waals surface area contributed by atoms with E-state index in [2.05, 4.69) is 5.92 Å². The van der Waals surface area contributed by atoms with Crippen molar-refractivity contribution >= 4 is 5.91 Å². The van der Waals surface area contributed by atoms with Gasteiger partial charge < -0.3 is 4.90 Å². The molecule has 1 atom stereocenters. The Morgan fingerprint density at radius 3 is 2.74 bits per heavy atom. The second-order valence-electron chi connectivity index (χ2n) is 4.54. The Bertz CT molecular complexity index is 530. The lowest BCUT2D eigenvalue weighted by atomic mass is 10.1. The maximum Gasteiger partial charge on any atom is 0.416 e. The maximum absolute atomic E-state index is 12.6. The van der Waals surface area contributed by atoms with Crippen molar-refractivity contribution in [3.8, 4) is 12.3 Å². The van der Waals surface area contributed by atoms with Crippen molar-refractivity contribution in [2.45, 2.75) is 19.1 Å². The molecule has 19 heavy (non-hydrogen) atoms. The van der Waals surface area contributed by atoms with Gasteiger partial charge in [-0.1, -0.05) is 12.1 Å². The zero-order valence-corrected chi connectivity index (χ0v) is 10.1. The van der Waals surface area contributed by atoms with Gasteiger partial charge in [-0.05, 0) is 17.7 Å². The van der Waals surface area contributed by atoms with Crippen LogP contribution in [0.3, 0.4) is 0 Å². The van der Waals surface area contributed by atoms with Crippen LogP contribution < -0.4 is 0 Å². The first-order chi connectivity index (χ1) is 8.90. The minimum atomic E-state index is -4.37. The first kappa shape index (κ1) is 13.5. The van der Waals surface area contributed by atoms with Crippen LogP contribution in [0, 0.1) is 18.3 Å². The summed E-state index contributed by atoms with van der Waals surface area (Å²) in [5.74, 6) is 2.25. The van der Waals surface area contributed by atoms with Crippen LogP contribution in [0.5, 0.6) is 0 Å². The highest BCUT2D eigenvalue weighted by Gasteiger charge is 2.31. The third kappa shape index (κ3) is 3.08. The number of hydrogen-bond donors (Lipinski definition) is 0. The number of carbonyl (C=O) groups excluding carboxylic acids is 1. The van der Waals surface area contributed by atoms with E-state index in [1.807, 2.05) is 0 Å². The number of halogens is 3. The van der Waals surface area contributed by atoms with Gasteiger partial charge in [-0.3, -0.25) is 4.79 Å². The molecule has 2 nitrogen and oxygen atoms in total. The molecule has 1 aliphatic rings. The summed E-state index contributed by atoms with van der Waals surface area (Å²) in [6.07, 6.45) is 1.16. The lowest BCUT2D eigenvalue weighted by Gasteiger charge is -2.17. The van der Waals surface area contributed by atoms with Crippen LogP contribution in [-0.4, -0.2) is 17.4 Å². The van der Waals surface area contributed by atoms with E-state index in [0.29, 0.717) is 12.1 Å². The summed E-state index contributed by atoms with van der Waals surface area (Å²) in [4.78, 5) is 13.1. The Balaban J connectivity index is 2.12. The summed E-state index contributed by atoms with van der Waals surface area (Å²) in [6, 6.07) is 5.00. The number of hydrogen-bond acceptors (Lipinski definition) is 1. The zero-order valence-electron chi connectivity index (χ0n) is 10.1. The standard InChI is InChI=1S/C14H12F3NO/c1-2-10-7-13(19)18(8-10)9-11-4-3-5-12(6-11)14(15,16)17/h1,3-6,10H,7-9H2. The Morgan fingerprint density at radius 1 is 1.42 bits per heavy atom. The van der Waals surface area contributed by atoms with Crippen LogP contribution in [0.1, 0.15) is 17.5 Å². The van der Waals surface area contributed by atoms with Gasteiger partial charge in [0.1, 0.15) is 0 Å². The molecule has 0 bridgehead atoms.